The molecule has 1 N–H and O–H groups in total. The van der Waals surface area contributed by atoms with Gasteiger partial charge in [0.25, 0.3) is 5.56 Å². The molecule has 0 amide bonds. The van der Waals surface area contributed by atoms with Gasteiger partial charge in [-0.15, -0.1) is 0 Å². The molecule has 4 aromatic rings. The third-order valence-corrected chi connectivity index (χ3v) is 8.45. The highest BCUT2D eigenvalue weighted by Crippen LogP contribution is 2.36. The molecule has 1 aromatic heterocycles. The Bertz CT molecular complexity index is 1890. The smallest absolute Gasteiger partial charge is 0.338 e. The van der Waals surface area contributed by atoms with Crippen molar-refractivity contribution in [1.82, 2.24) is 4.57 Å². The van der Waals surface area contributed by atoms with E-state index < -0.39 is 12.0 Å². The maximum Gasteiger partial charge on any atom is 0.338 e. The monoisotopic (exact) mass is 628 g/mol. The van der Waals surface area contributed by atoms with E-state index in [2.05, 4.69) is 11.9 Å². The molecule has 1 atom stereocenters. The number of phenols is 1. The molecule has 0 saturated carbocycles. The van der Waals surface area contributed by atoms with Gasteiger partial charge in [-0.05, 0) is 60.4 Å². The normalized spacial score (nSPS) is 14.5. The van der Waals surface area contributed by atoms with Crippen LogP contribution in [0.15, 0.2) is 87.8 Å². The summed E-state index contributed by atoms with van der Waals surface area (Å²) in [5.41, 5.74) is 2.54. The SMILES string of the molecule is CCCCCOc1ccc(C2C(C(=O)OCc3ccccc3)=C(C)N=c3s/c(=C\c4ccc(O)c(OC)c4)c(=O)n32)cc1OC. The van der Waals surface area contributed by atoms with Crippen molar-refractivity contribution in [3.63, 3.8) is 0 Å². The number of allylic oxidation sites excluding steroid dienone is 1. The van der Waals surface area contributed by atoms with Crippen LogP contribution in [0.1, 0.15) is 55.8 Å². The molecular formula is C35H36N2O7S. The summed E-state index contributed by atoms with van der Waals surface area (Å²) in [5.74, 6) is 0.797. The number of fused-ring (bicyclic) bond motifs is 1. The number of hydrogen-bond donors (Lipinski definition) is 1. The molecule has 0 aliphatic carbocycles. The molecule has 3 aromatic carbocycles. The Morgan fingerprint density at radius 2 is 1.78 bits per heavy atom. The first-order valence-electron chi connectivity index (χ1n) is 14.8. The van der Waals surface area contributed by atoms with Crippen LogP contribution in [0.5, 0.6) is 23.0 Å². The number of carbonyl (C=O) groups is 1. The number of aromatic nitrogens is 1. The van der Waals surface area contributed by atoms with E-state index in [1.54, 1.807) is 44.4 Å². The predicted octanol–water partition coefficient (Wildman–Crippen LogP) is 5.27. The molecule has 0 spiro atoms. The first kappa shape index (κ1) is 31.6. The first-order chi connectivity index (χ1) is 21.8. The van der Waals surface area contributed by atoms with Gasteiger partial charge in [0.1, 0.15) is 6.61 Å². The summed E-state index contributed by atoms with van der Waals surface area (Å²) in [7, 11) is 3.02. The minimum atomic E-state index is -0.830. The second kappa shape index (κ2) is 14.3. The summed E-state index contributed by atoms with van der Waals surface area (Å²) in [5, 5.41) is 10.0. The summed E-state index contributed by atoms with van der Waals surface area (Å²) in [6.45, 7) is 4.51. The second-order valence-electron chi connectivity index (χ2n) is 10.5. The van der Waals surface area contributed by atoms with Crippen LogP contribution in [-0.4, -0.2) is 36.5 Å². The van der Waals surface area contributed by atoms with E-state index in [4.69, 9.17) is 18.9 Å². The number of nitrogens with zero attached hydrogens (tertiary/aromatic N) is 2. The highest BCUT2D eigenvalue weighted by Gasteiger charge is 2.34. The number of carbonyl (C=O) groups excluding carboxylic acids is 1. The number of hydrogen-bond acceptors (Lipinski definition) is 9. The molecule has 45 heavy (non-hydrogen) atoms. The van der Waals surface area contributed by atoms with Crippen LogP contribution < -0.4 is 29.1 Å². The molecule has 1 unspecified atom stereocenters. The minimum Gasteiger partial charge on any atom is -0.504 e. The van der Waals surface area contributed by atoms with Crippen molar-refractivity contribution in [2.75, 3.05) is 20.8 Å². The number of methoxy groups -OCH3 is 2. The van der Waals surface area contributed by atoms with Gasteiger partial charge < -0.3 is 24.1 Å². The largest absolute Gasteiger partial charge is 0.504 e. The fourth-order valence-corrected chi connectivity index (χ4v) is 6.19. The number of ether oxygens (including phenoxy) is 4. The topological polar surface area (TPSA) is 109 Å². The average Bonchev–Trinajstić information content (AvgIpc) is 3.36. The number of phenolic OH excluding ortho intramolecular Hbond substituents is 1. The van der Waals surface area contributed by atoms with E-state index in [1.165, 1.54) is 29.1 Å². The van der Waals surface area contributed by atoms with Gasteiger partial charge >= 0.3 is 5.97 Å². The van der Waals surface area contributed by atoms with Gasteiger partial charge in [-0.3, -0.25) is 9.36 Å². The van der Waals surface area contributed by atoms with Crippen molar-refractivity contribution in [2.24, 2.45) is 4.99 Å². The Morgan fingerprint density at radius 1 is 1.00 bits per heavy atom. The van der Waals surface area contributed by atoms with Gasteiger partial charge in [0, 0.05) is 0 Å². The summed E-state index contributed by atoms with van der Waals surface area (Å²) in [6, 6.07) is 18.9. The zero-order valence-corrected chi connectivity index (χ0v) is 26.6. The zero-order valence-electron chi connectivity index (χ0n) is 25.7. The van der Waals surface area contributed by atoms with Gasteiger partial charge in [-0.25, -0.2) is 9.79 Å². The van der Waals surface area contributed by atoms with E-state index in [-0.39, 0.29) is 29.2 Å². The van der Waals surface area contributed by atoms with E-state index in [0.717, 1.165) is 24.8 Å². The maximum atomic E-state index is 14.1. The number of benzene rings is 3. The van der Waals surface area contributed by atoms with Crippen molar-refractivity contribution >= 4 is 23.4 Å². The summed E-state index contributed by atoms with van der Waals surface area (Å²) in [6.07, 6.45) is 4.77. The average molecular weight is 629 g/mol. The quantitative estimate of drug-likeness (QED) is 0.168. The van der Waals surface area contributed by atoms with Gasteiger partial charge in [-0.2, -0.15) is 0 Å². The molecule has 2 heterocycles. The summed E-state index contributed by atoms with van der Waals surface area (Å²) >= 11 is 1.21. The Balaban J connectivity index is 1.60. The first-order valence-corrected chi connectivity index (χ1v) is 15.6. The predicted molar refractivity (Wildman–Crippen MR) is 173 cm³/mol. The molecule has 1 aliphatic heterocycles. The lowest BCUT2D eigenvalue weighted by Crippen LogP contribution is -2.39. The van der Waals surface area contributed by atoms with Crippen molar-refractivity contribution in [3.8, 4) is 23.0 Å². The summed E-state index contributed by atoms with van der Waals surface area (Å²) < 4.78 is 24.6. The maximum absolute atomic E-state index is 14.1. The molecule has 0 radical (unpaired) electrons. The Hall–Kier alpha value is -4.83. The number of thiazole rings is 1. The molecule has 5 rings (SSSR count). The lowest BCUT2D eigenvalue weighted by Gasteiger charge is -2.25. The van der Waals surface area contributed by atoms with Crippen LogP contribution in [0.25, 0.3) is 6.08 Å². The molecule has 234 valence electrons. The zero-order chi connectivity index (χ0) is 31.9. The number of unbranched alkanes of at least 4 members (excludes halogenated alkanes) is 2. The highest BCUT2D eigenvalue weighted by molar-refractivity contribution is 7.07. The van der Waals surface area contributed by atoms with Crippen LogP contribution >= 0.6 is 11.3 Å². The van der Waals surface area contributed by atoms with Gasteiger partial charge in [0.05, 0.1) is 42.7 Å². The fraction of sp³-hybridized carbons (Fsp3) is 0.286. The number of esters is 1. The van der Waals surface area contributed by atoms with Crippen molar-refractivity contribution in [3.05, 3.63) is 114 Å². The number of aromatic hydroxyl groups is 1. The Labute approximate surface area is 265 Å². The fourth-order valence-electron chi connectivity index (χ4n) is 5.14. The van der Waals surface area contributed by atoms with Crippen LogP contribution in [0.2, 0.25) is 0 Å². The molecule has 10 heteroatoms. The molecule has 0 fully saturated rings. The summed E-state index contributed by atoms with van der Waals surface area (Å²) in [4.78, 5) is 33.0. The number of rotatable bonds is 12. The Morgan fingerprint density at radius 3 is 2.51 bits per heavy atom. The van der Waals surface area contributed by atoms with E-state index in [0.29, 0.717) is 44.3 Å². The lowest BCUT2D eigenvalue weighted by atomic mass is 9.95. The van der Waals surface area contributed by atoms with Crippen LogP contribution in [0.4, 0.5) is 0 Å². The van der Waals surface area contributed by atoms with E-state index >= 15 is 0 Å². The highest BCUT2D eigenvalue weighted by atomic mass is 32.1. The van der Waals surface area contributed by atoms with Crippen molar-refractivity contribution in [1.29, 1.82) is 0 Å². The molecule has 9 nitrogen and oxygen atoms in total. The third-order valence-electron chi connectivity index (χ3n) is 7.46. The molecule has 1 aliphatic rings. The van der Waals surface area contributed by atoms with Crippen molar-refractivity contribution in [2.45, 2.75) is 45.8 Å². The molecule has 0 bridgehead atoms. The molecule has 0 saturated heterocycles. The standard InChI is InChI=1S/C35H36N2O7S/c1-5-6-10-17-43-27-16-14-25(20-29(27)42-4)32-31(34(40)44-21-23-11-8-7-9-12-23)22(2)36-35-37(32)33(39)30(45-35)19-24-13-15-26(38)28(18-24)41-3/h7-9,11-16,18-20,32,38H,5-6,10,17,21H2,1-4H3/b30-19-. The van der Waals surface area contributed by atoms with Crippen LogP contribution in [0, 0.1) is 0 Å². The molecular weight excluding hydrogens is 592 g/mol. The van der Waals surface area contributed by atoms with E-state index in [1.807, 2.05) is 36.4 Å². The van der Waals surface area contributed by atoms with Crippen LogP contribution in [0.3, 0.4) is 0 Å². The Kier molecular flexibility index (Phi) is 10.0. The van der Waals surface area contributed by atoms with Crippen LogP contribution in [-0.2, 0) is 16.1 Å². The minimum absolute atomic E-state index is 0.00266. The van der Waals surface area contributed by atoms with Crippen molar-refractivity contribution < 1.29 is 28.8 Å². The second-order valence-corrected chi connectivity index (χ2v) is 11.5. The third kappa shape index (κ3) is 6.96. The van der Waals surface area contributed by atoms with Gasteiger partial charge in [0.2, 0.25) is 0 Å². The van der Waals surface area contributed by atoms with Gasteiger partial charge in [-0.1, -0.05) is 73.6 Å². The lowest BCUT2D eigenvalue weighted by molar-refractivity contribution is -0.140. The van der Waals surface area contributed by atoms with E-state index in [9.17, 15) is 14.7 Å². The van der Waals surface area contributed by atoms with Gasteiger partial charge in [0.15, 0.2) is 27.8 Å².